The molecule has 48 heavy (non-hydrogen) atoms. The SMILES string of the molecule is CC.CCC.CCCn1c(-c2ccc(OCc3cc(N4CCCC4O)ccc3N3CCS(=O)CC3)cc2F)nc2cc(C(=O)O)ccc21. The Kier molecular flexibility index (Phi) is 13.4. The number of imidazole rings is 1. The van der Waals surface area contributed by atoms with Crippen molar-refractivity contribution < 1.29 is 28.3 Å². The second-order valence-corrected chi connectivity index (χ2v) is 13.4. The number of ether oxygens (including phenoxy) is 1. The van der Waals surface area contributed by atoms with E-state index in [1.54, 1.807) is 18.2 Å². The van der Waals surface area contributed by atoms with Gasteiger partial charge in [0.15, 0.2) is 0 Å². The maximum atomic E-state index is 15.6. The zero-order valence-electron chi connectivity index (χ0n) is 28.7. The normalized spacial score (nSPS) is 16.3. The van der Waals surface area contributed by atoms with Crippen LogP contribution in [0.5, 0.6) is 5.75 Å². The number of aromatic carboxylic acids is 1. The molecule has 0 aliphatic carbocycles. The van der Waals surface area contributed by atoms with Gasteiger partial charge in [0.1, 0.15) is 30.2 Å². The number of aliphatic hydroxyl groups excluding tert-OH is 1. The van der Waals surface area contributed by atoms with Crippen LogP contribution in [0.4, 0.5) is 15.8 Å². The molecule has 1 atom stereocenters. The Morgan fingerprint density at radius 3 is 2.38 bits per heavy atom. The number of halogens is 1. The van der Waals surface area contributed by atoms with Crippen molar-refractivity contribution in [2.75, 3.05) is 40.9 Å². The van der Waals surface area contributed by atoms with Gasteiger partial charge in [-0.15, -0.1) is 0 Å². The number of aliphatic hydroxyl groups is 1. The van der Waals surface area contributed by atoms with Crippen molar-refractivity contribution in [1.29, 1.82) is 0 Å². The average molecular weight is 681 g/mol. The summed E-state index contributed by atoms with van der Waals surface area (Å²) in [5.74, 6) is 0.493. The number of anilines is 2. The van der Waals surface area contributed by atoms with Crippen molar-refractivity contribution in [2.24, 2.45) is 0 Å². The van der Waals surface area contributed by atoms with Crippen molar-refractivity contribution in [1.82, 2.24) is 9.55 Å². The van der Waals surface area contributed by atoms with Gasteiger partial charge in [0.05, 0.1) is 22.2 Å². The monoisotopic (exact) mass is 680 g/mol. The average Bonchev–Trinajstić information content (AvgIpc) is 3.68. The maximum absolute atomic E-state index is 15.6. The first-order valence-electron chi connectivity index (χ1n) is 17.1. The van der Waals surface area contributed by atoms with Gasteiger partial charge in [0.2, 0.25) is 0 Å². The summed E-state index contributed by atoms with van der Waals surface area (Å²) in [4.78, 5) is 20.3. The zero-order valence-corrected chi connectivity index (χ0v) is 29.6. The first-order valence-corrected chi connectivity index (χ1v) is 18.6. The molecule has 260 valence electrons. The Morgan fingerprint density at radius 1 is 1.02 bits per heavy atom. The van der Waals surface area contributed by atoms with Crippen molar-refractivity contribution in [3.8, 4) is 17.1 Å². The topological polar surface area (TPSA) is 108 Å². The number of carboxylic acids is 1. The number of carbonyl (C=O) groups is 1. The summed E-state index contributed by atoms with van der Waals surface area (Å²) in [7, 11) is -0.808. The van der Waals surface area contributed by atoms with Crippen LogP contribution in [0.1, 0.15) is 76.2 Å². The smallest absolute Gasteiger partial charge is 0.335 e. The van der Waals surface area contributed by atoms with Gasteiger partial charge in [-0.05, 0) is 67.8 Å². The van der Waals surface area contributed by atoms with E-state index in [1.807, 2.05) is 48.4 Å². The van der Waals surface area contributed by atoms with Crippen LogP contribution < -0.4 is 14.5 Å². The van der Waals surface area contributed by atoms with Gasteiger partial charge in [0.25, 0.3) is 0 Å². The number of nitrogens with zero attached hydrogens (tertiary/aromatic N) is 4. The Bertz CT molecular complexity index is 1700. The molecular formula is C37H49FN4O5S. The van der Waals surface area contributed by atoms with Crippen LogP contribution in [-0.4, -0.2) is 67.3 Å². The fourth-order valence-electron chi connectivity index (χ4n) is 5.95. The molecule has 1 unspecified atom stereocenters. The lowest BCUT2D eigenvalue weighted by molar-refractivity contribution is 0.0697. The molecule has 11 heteroatoms. The second-order valence-electron chi connectivity index (χ2n) is 11.7. The Hall–Kier alpha value is -3.96. The molecule has 0 bridgehead atoms. The summed E-state index contributed by atoms with van der Waals surface area (Å²) in [6, 6.07) is 15.5. The molecule has 1 aromatic heterocycles. The molecule has 2 saturated heterocycles. The van der Waals surface area contributed by atoms with E-state index in [0.717, 1.165) is 48.3 Å². The van der Waals surface area contributed by atoms with Gasteiger partial charge in [0, 0.05) is 71.5 Å². The standard InChI is InChI=1S/C32H35FN4O5S.C3H8.C2H6/c1-2-11-37-29-9-5-21(32(39)40)18-27(29)34-31(37)25-8-7-24(19-26(25)33)42-20-22-17-23(36-12-3-4-30(36)38)6-10-28(22)35-13-15-43(41)16-14-35;1-3-2;1-2/h5-10,17-19,30,38H,2-4,11-16,20H2,1H3,(H,39,40);3H2,1-2H3;1-2H3. The van der Waals surface area contributed by atoms with Gasteiger partial charge >= 0.3 is 5.97 Å². The predicted molar refractivity (Wildman–Crippen MR) is 193 cm³/mol. The molecule has 6 rings (SSSR count). The summed E-state index contributed by atoms with van der Waals surface area (Å²) in [5, 5.41) is 19.8. The van der Waals surface area contributed by atoms with Crippen LogP contribution in [0.25, 0.3) is 22.4 Å². The molecular weight excluding hydrogens is 631 g/mol. The van der Waals surface area contributed by atoms with Crippen LogP contribution >= 0.6 is 0 Å². The molecule has 2 aliphatic heterocycles. The first-order chi connectivity index (χ1) is 23.2. The minimum Gasteiger partial charge on any atom is -0.489 e. The number of fused-ring (bicyclic) bond motifs is 1. The van der Waals surface area contributed by atoms with Crippen molar-refractivity contribution >= 4 is 39.2 Å². The molecule has 0 radical (unpaired) electrons. The van der Waals surface area contributed by atoms with E-state index < -0.39 is 28.8 Å². The number of rotatable bonds is 9. The third-order valence-corrected chi connectivity index (χ3v) is 9.43. The van der Waals surface area contributed by atoms with Gasteiger partial charge < -0.3 is 29.3 Å². The summed E-state index contributed by atoms with van der Waals surface area (Å²) in [6.07, 6.45) is 3.17. The molecule has 2 fully saturated rings. The lowest BCUT2D eigenvalue weighted by Crippen LogP contribution is -2.38. The predicted octanol–water partition coefficient (Wildman–Crippen LogP) is 7.46. The number of carboxylic acid groups (broad SMARTS) is 1. The van der Waals surface area contributed by atoms with E-state index in [9.17, 15) is 19.2 Å². The Morgan fingerprint density at radius 2 is 1.75 bits per heavy atom. The molecule has 2 N–H and O–H groups in total. The highest BCUT2D eigenvalue weighted by atomic mass is 32.2. The van der Waals surface area contributed by atoms with Crippen LogP contribution in [0.3, 0.4) is 0 Å². The lowest BCUT2D eigenvalue weighted by atomic mass is 10.1. The molecule has 0 saturated carbocycles. The minimum atomic E-state index is -1.04. The van der Waals surface area contributed by atoms with E-state index in [1.165, 1.54) is 24.6 Å². The Balaban J connectivity index is 0.000000986. The molecule has 9 nitrogen and oxygen atoms in total. The van der Waals surface area contributed by atoms with E-state index in [-0.39, 0.29) is 12.2 Å². The van der Waals surface area contributed by atoms with E-state index in [4.69, 9.17) is 4.74 Å². The van der Waals surface area contributed by atoms with Crippen molar-refractivity contribution in [3.63, 3.8) is 0 Å². The van der Waals surface area contributed by atoms with Crippen molar-refractivity contribution in [3.05, 3.63) is 71.5 Å². The fraction of sp³-hybridized carbons (Fsp3) is 0.459. The highest BCUT2D eigenvalue weighted by molar-refractivity contribution is 7.85. The maximum Gasteiger partial charge on any atom is 0.335 e. The molecule has 0 spiro atoms. The number of hydrogen-bond acceptors (Lipinski definition) is 7. The highest BCUT2D eigenvalue weighted by Crippen LogP contribution is 2.33. The van der Waals surface area contributed by atoms with Crippen LogP contribution in [0.15, 0.2) is 54.6 Å². The number of aromatic nitrogens is 2. The molecule has 3 aromatic carbocycles. The van der Waals surface area contributed by atoms with Crippen molar-refractivity contribution in [2.45, 2.75) is 79.7 Å². The lowest BCUT2D eigenvalue weighted by Gasteiger charge is -2.31. The Labute approximate surface area is 285 Å². The van der Waals surface area contributed by atoms with Gasteiger partial charge in [-0.3, -0.25) is 4.21 Å². The summed E-state index contributed by atoms with van der Waals surface area (Å²) < 4.78 is 35.7. The largest absolute Gasteiger partial charge is 0.489 e. The van der Waals surface area contributed by atoms with Gasteiger partial charge in [-0.1, -0.05) is 41.0 Å². The number of aryl methyl sites for hydroxylation is 1. The summed E-state index contributed by atoms with van der Waals surface area (Å²) in [6.45, 7) is 13.2. The molecule has 2 aliphatic rings. The summed E-state index contributed by atoms with van der Waals surface area (Å²) in [5.41, 5.74) is 4.49. The first kappa shape index (κ1) is 36.9. The quantitative estimate of drug-likeness (QED) is 0.188. The molecule has 3 heterocycles. The zero-order chi connectivity index (χ0) is 34.8. The van der Waals surface area contributed by atoms with Crippen LogP contribution in [0, 0.1) is 5.82 Å². The van der Waals surface area contributed by atoms with Crippen LogP contribution in [-0.2, 0) is 24.0 Å². The van der Waals surface area contributed by atoms with E-state index in [2.05, 4.69) is 23.7 Å². The molecule has 4 aromatic rings. The second kappa shape index (κ2) is 17.4. The summed E-state index contributed by atoms with van der Waals surface area (Å²) >= 11 is 0. The number of hydrogen-bond donors (Lipinski definition) is 2. The third kappa shape index (κ3) is 8.54. The van der Waals surface area contributed by atoms with Gasteiger partial charge in [-0.2, -0.15) is 0 Å². The third-order valence-electron chi connectivity index (χ3n) is 8.15. The minimum absolute atomic E-state index is 0.130. The van der Waals surface area contributed by atoms with Gasteiger partial charge in [-0.25, -0.2) is 14.2 Å². The van der Waals surface area contributed by atoms with E-state index >= 15 is 4.39 Å². The van der Waals surface area contributed by atoms with E-state index in [0.29, 0.717) is 53.8 Å². The van der Waals surface area contributed by atoms with Crippen LogP contribution in [0.2, 0.25) is 0 Å². The highest BCUT2D eigenvalue weighted by Gasteiger charge is 2.25. The fourth-order valence-corrected chi connectivity index (χ4v) is 7.00. The molecule has 0 amide bonds. The number of benzene rings is 3.